The second kappa shape index (κ2) is 6.26. The molecule has 1 aromatic carbocycles. The topological polar surface area (TPSA) is 34.1 Å². The molecule has 0 amide bonds. The maximum absolute atomic E-state index is 11.7. The van der Waals surface area contributed by atoms with Gasteiger partial charge in [0, 0.05) is 5.88 Å². The zero-order valence-electron chi connectivity index (χ0n) is 9.45. The van der Waals surface area contributed by atoms with E-state index in [9.17, 15) is 8.42 Å². The Morgan fingerprint density at radius 3 is 2.19 bits per heavy atom. The first-order valence-electron chi connectivity index (χ1n) is 5.41. The lowest BCUT2D eigenvalue weighted by molar-refractivity contribution is 0.592. The second-order valence-corrected chi connectivity index (χ2v) is 6.35. The van der Waals surface area contributed by atoms with E-state index in [0.29, 0.717) is 5.88 Å². The van der Waals surface area contributed by atoms with Crippen molar-refractivity contribution in [2.45, 2.75) is 31.4 Å². The molecule has 1 rings (SSSR count). The van der Waals surface area contributed by atoms with Crippen LogP contribution in [0.4, 0.5) is 0 Å². The number of alkyl halides is 1. The third-order valence-corrected chi connectivity index (χ3v) is 4.37. The molecule has 1 aromatic rings. The van der Waals surface area contributed by atoms with E-state index in [-0.39, 0.29) is 11.5 Å². The van der Waals surface area contributed by atoms with Crippen LogP contribution in [-0.2, 0) is 21.5 Å². The van der Waals surface area contributed by atoms with Crippen LogP contribution in [0.15, 0.2) is 24.3 Å². The average molecular weight is 261 g/mol. The summed E-state index contributed by atoms with van der Waals surface area (Å²) in [6.45, 7) is 1.99. The molecule has 0 fully saturated rings. The highest BCUT2D eigenvalue weighted by Gasteiger charge is 2.10. The van der Waals surface area contributed by atoms with E-state index in [2.05, 4.69) is 0 Å². The Labute approximate surface area is 103 Å². The van der Waals surface area contributed by atoms with Gasteiger partial charge in [-0.3, -0.25) is 0 Å². The van der Waals surface area contributed by atoms with E-state index >= 15 is 0 Å². The van der Waals surface area contributed by atoms with Crippen LogP contribution >= 0.6 is 11.6 Å². The van der Waals surface area contributed by atoms with Gasteiger partial charge < -0.3 is 0 Å². The van der Waals surface area contributed by atoms with Crippen molar-refractivity contribution >= 4 is 21.4 Å². The van der Waals surface area contributed by atoms with Crippen molar-refractivity contribution in [1.29, 1.82) is 0 Å². The minimum absolute atomic E-state index is 0.134. The summed E-state index contributed by atoms with van der Waals surface area (Å²) in [7, 11) is -2.95. The average Bonchev–Trinajstić information content (AvgIpc) is 2.27. The second-order valence-electron chi connectivity index (χ2n) is 3.90. The van der Waals surface area contributed by atoms with Crippen molar-refractivity contribution in [3.63, 3.8) is 0 Å². The van der Waals surface area contributed by atoms with E-state index in [1.54, 1.807) is 0 Å². The van der Waals surface area contributed by atoms with Crippen molar-refractivity contribution in [3.05, 3.63) is 35.4 Å². The minimum Gasteiger partial charge on any atom is -0.228 e. The molecule has 0 atom stereocenters. The maximum atomic E-state index is 11.7. The van der Waals surface area contributed by atoms with E-state index in [1.807, 2.05) is 31.2 Å². The Morgan fingerprint density at radius 2 is 1.69 bits per heavy atom. The quantitative estimate of drug-likeness (QED) is 0.737. The summed E-state index contributed by atoms with van der Waals surface area (Å²) in [5.74, 6) is 0.874. The molecule has 0 unspecified atom stereocenters. The predicted octanol–water partition coefficient (Wildman–Crippen LogP) is 3.14. The summed E-state index contributed by atoms with van der Waals surface area (Å²) >= 11 is 5.66. The molecule has 0 aromatic heterocycles. The molecule has 0 saturated heterocycles. The molecule has 0 saturated carbocycles. The molecule has 0 bridgehead atoms. The van der Waals surface area contributed by atoms with Gasteiger partial charge in [-0.2, -0.15) is 0 Å². The largest absolute Gasteiger partial charge is 0.228 e. The number of halogens is 1. The van der Waals surface area contributed by atoms with Crippen LogP contribution in [-0.4, -0.2) is 14.2 Å². The lowest BCUT2D eigenvalue weighted by atomic mass is 10.2. The summed E-state index contributed by atoms with van der Waals surface area (Å²) < 4.78 is 23.4. The van der Waals surface area contributed by atoms with Crippen LogP contribution in [0.1, 0.15) is 30.9 Å². The number of sulfone groups is 1. The standard InChI is InChI=1S/C12H17ClO2S/c1-2-3-8-16(14,15)10-12-6-4-11(9-13)5-7-12/h4-7H,2-3,8-10H2,1H3. The van der Waals surface area contributed by atoms with Gasteiger partial charge in [0.25, 0.3) is 0 Å². The Balaban J connectivity index is 2.65. The maximum Gasteiger partial charge on any atom is 0.154 e. The Bertz CT molecular complexity index is 409. The van der Waals surface area contributed by atoms with Crippen molar-refractivity contribution < 1.29 is 8.42 Å². The number of rotatable bonds is 6. The SMILES string of the molecule is CCCCS(=O)(=O)Cc1ccc(CCl)cc1. The molecule has 0 aliphatic heterocycles. The normalized spacial score (nSPS) is 11.6. The molecule has 0 spiro atoms. The number of hydrogen-bond acceptors (Lipinski definition) is 2. The third-order valence-electron chi connectivity index (χ3n) is 2.37. The van der Waals surface area contributed by atoms with Crippen LogP contribution in [0.25, 0.3) is 0 Å². The Morgan fingerprint density at radius 1 is 1.12 bits per heavy atom. The molecule has 0 aliphatic rings. The monoisotopic (exact) mass is 260 g/mol. The molecular weight excluding hydrogens is 244 g/mol. The van der Waals surface area contributed by atoms with Gasteiger partial charge in [-0.25, -0.2) is 8.42 Å². The molecule has 0 radical (unpaired) electrons. The number of unbranched alkanes of at least 4 members (excludes halogenated alkanes) is 1. The molecular formula is C12H17ClO2S. The van der Waals surface area contributed by atoms with Gasteiger partial charge in [-0.15, -0.1) is 11.6 Å². The third kappa shape index (κ3) is 4.54. The van der Waals surface area contributed by atoms with Crippen LogP contribution in [0.3, 0.4) is 0 Å². The molecule has 0 heterocycles. The molecule has 0 N–H and O–H groups in total. The van der Waals surface area contributed by atoms with Crippen LogP contribution < -0.4 is 0 Å². The van der Waals surface area contributed by atoms with Crippen molar-refractivity contribution in [1.82, 2.24) is 0 Å². The summed E-state index contributed by atoms with van der Waals surface area (Å²) in [6.07, 6.45) is 1.65. The van der Waals surface area contributed by atoms with E-state index in [0.717, 1.165) is 24.0 Å². The highest BCUT2D eigenvalue weighted by Crippen LogP contribution is 2.11. The molecule has 16 heavy (non-hydrogen) atoms. The first-order chi connectivity index (χ1) is 7.57. The van der Waals surface area contributed by atoms with Gasteiger partial charge in [0.05, 0.1) is 11.5 Å². The molecule has 2 nitrogen and oxygen atoms in total. The van der Waals surface area contributed by atoms with E-state index < -0.39 is 9.84 Å². The van der Waals surface area contributed by atoms with Crippen LogP contribution in [0.2, 0.25) is 0 Å². The molecule has 90 valence electrons. The van der Waals surface area contributed by atoms with E-state index in [4.69, 9.17) is 11.6 Å². The fourth-order valence-corrected chi connectivity index (χ4v) is 3.17. The first kappa shape index (κ1) is 13.5. The fourth-order valence-electron chi connectivity index (χ4n) is 1.41. The Kier molecular flexibility index (Phi) is 5.29. The zero-order chi connectivity index (χ0) is 12.0. The van der Waals surface area contributed by atoms with Crippen molar-refractivity contribution in [2.24, 2.45) is 0 Å². The van der Waals surface area contributed by atoms with Crippen molar-refractivity contribution in [3.8, 4) is 0 Å². The molecule has 4 heteroatoms. The lowest BCUT2D eigenvalue weighted by Gasteiger charge is -2.04. The van der Waals surface area contributed by atoms with Crippen LogP contribution in [0, 0.1) is 0 Å². The van der Waals surface area contributed by atoms with Gasteiger partial charge in [-0.05, 0) is 17.5 Å². The van der Waals surface area contributed by atoms with Gasteiger partial charge in [0.1, 0.15) is 0 Å². The highest BCUT2D eigenvalue weighted by atomic mass is 35.5. The van der Waals surface area contributed by atoms with Gasteiger partial charge in [0.2, 0.25) is 0 Å². The van der Waals surface area contributed by atoms with Crippen molar-refractivity contribution in [2.75, 3.05) is 5.75 Å². The van der Waals surface area contributed by atoms with Crippen LogP contribution in [0.5, 0.6) is 0 Å². The van der Waals surface area contributed by atoms with Gasteiger partial charge in [0.15, 0.2) is 9.84 Å². The number of benzene rings is 1. The minimum atomic E-state index is -2.95. The first-order valence-corrected chi connectivity index (χ1v) is 7.77. The fraction of sp³-hybridized carbons (Fsp3) is 0.500. The van der Waals surface area contributed by atoms with E-state index in [1.165, 1.54) is 0 Å². The summed E-state index contributed by atoms with van der Waals surface area (Å²) in [4.78, 5) is 0. The highest BCUT2D eigenvalue weighted by molar-refractivity contribution is 7.90. The van der Waals surface area contributed by atoms with Gasteiger partial charge >= 0.3 is 0 Å². The lowest BCUT2D eigenvalue weighted by Crippen LogP contribution is -2.09. The summed E-state index contributed by atoms with van der Waals surface area (Å²) in [5, 5.41) is 0. The molecule has 0 aliphatic carbocycles. The summed E-state index contributed by atoms with van der Waals surface area (Å²) in [6, 6.07) is 7.41. The summed E-state index contributed by atoms with van der Waals surface area (Å²) in [5.41, 5.74) is 1.85. The number of hydrogen-bond donors (Lipinski definition) is 0. The van der Waals surface area contributed by atoms with Gasteiger partial charge in [-0.1, -0.05) is 37.6 Å². The predicted molar refractivity (Wildman–Crippen MR) is 68.4 cm³/mol. The zero-order valence-corrected chi connectivity index (χ0v) is 11.0. The Hall–Kier alpha value is -0.540. The smallest absolute Gasteiger partial charge is 0.154 e.